The second-order valence-electron chi connectivity index (χ2n) is 6.38. The summed E-state index contributed by atoms with van der Waals surface area (Å²) in [5.41, 5.74) is 2.33. The minimum Gasteiger partial charge on any atom is -0.313 e. The Bertz CT molecular complexity index is 404. The van der Waals surface area contributed by atoms with Crippen LogP contribution in [0.5, 0.6) is 0 Å². The van der Waals surface area contributed by atoms with Gasteiger partial charge < -0.3 is 5.32 Å². The fraction of sp³-hybridized carbons (Fsp3) is 0.800. The van der Waals surface area contributed by atoms with Crippen LogP contribution in [0.4, 0.5) is 0 Å². The maximum absolute atomic E-state index is 6.31. The lowest BCUT2D eigenvalue weighted by molar-refractivity contribution is 0.254. The molecular weight excluding hydrogens is 258 g/mol. The first kappa shape index (κ1) is 16.5. The molecule has 0 aliphatic carbocycles. The monoisotopic (exact) mass is 285 g/mol. The van der Waals surface area contributed by atoms with E-state index in [1.54, 1.807) is 0 Å². The molecule has 19 heavy (non-hydrogen) atoms. The zero-order valence-corrected chi connectivity index (χ0v) is 13.9. The third-order valence-corrected chi connectivity index (χ3v) is 4.11. The van der Waals surface area contributed by atoms with Crippen LogP contribution in [0.3, 0.4) is 0 Å². The van der Waals surface area contributed by atoms with Gasteiger partial charge in [0.05, 0.1) is 16.4 Å². The summed E-state index contributed by atoms with van der Waals surface area (Å²) in [5, 5.41) is 8.85. The van der Waals surface area contributed by atoms with E-state index in [1.807, 2.05) is 18.7 Å². The summed E-state index contributed by atoms with van der Waals surface area (Å²) < 4.78 is 1.91. The number of rotatable bonds is 6. The van der Waals surface area contributed by atoms with Gasteiger partial charge in [-0.2, -0.15) is 5.10 Å². The highest BCUT2D eigenvalue weighted by atomic mass is 35.5. The molecule has 4 heteroatoms. The van der Waals surface area contributed by atoms with Crippen molar-refractivity contribution in [1.29, 1.82) is 0 Å². The van der Waals surface area contributed by atoms with Gasteiger partial charge in [-0.1, -0.05) is 39.3 Å². The van der Waals surface area contributed by atoms with Gasteiger partial charge in [-0.05, 0) is 38.1 Å². The molecule has 3 nitrogen and oxygen atoms in total. The maximum Gasteiger partial charge on any atom is 0.0846 e. The van der Waals surface area contributed by atoms with Gasteiger partial charge in [0.1, 0.15) is 0 Å². The molecule has 1 heterocycles. The Morgan fingerprint density at radius 3 is 2.42 bits per heavy atom. The minimum absolute atomic E-state index is 0.259. The van der Waals surface area contributed by atoms with E-state index in [-0.39, 0.29) is 5.41 Å². The molecular formula is C15H28ClN3. The third kappa shape index (κ3) is 4.50. The number of hydrogen-bond acceptors (Lipinski definition) is 2. The predicted molar refractivity (Wildman–Crippen MR) is 82.8 cm³/mol. The predicted octanol–water partition coefficient (Wildman–Crippen LogP) is 3.73. The average molecular weight is 286 g/mol. The number of nitrogens with zero attached hydrogens (tertiary/aromatic N) is 2. The Kier molecular flexibility index (Phi) is 5.87. The van der Waals surface area contributed by atoms with E-state index in [0.717, 1.165) is 42.2 Å². The van der Waals surface area contributed by atoms with Crippen molar-refractivity contribution in [2.24, 2.45) is 12.5 Å². The Hall–Kier alpha value is -0.540. The summed E-state index contributed by atoms with van der Waals surface area (Å²) in [6.07, 6.45) is 3.22. The first-order valence-corrected chi connectivity index (χ1v) is 7.56. The molecule has 1 rings (SSSR count). The maximum atomic E-state index is 6.31. The number of aromatic nitrogens is 2. The van der Waals surface area contributed by atoms with Crippen LogP contribution in [0.1, 0.15) is 51.9 Å². The van der Waals surface area contributed by atoms with Crippen LogP contribution < -0.4 is 5.32 Å². The van der Waals surface area contributed by atoms with Crippen LogP contribution in [-0.4, -0.2) is 22.4 Å². The summed E-state index contributed by atoms with van der Waals surface area (Å²) in [5.74, 6) is 0. The van der Waals surface area contributed by atoms with Crippen molar-refractivity contribution in [3.63, 3.8) is 0 Å². The highest BCUT2D eigenvalue weighted by Crippen LogP contribution is 2.26. The minimum atomic E-state index is 0.259. The van der Waals surface area contributed by atoms with Crippen molar-refractivity contribution in [3.05, 3.63) is 16.4 Å². The number of halogens is 1. The molecule has 0 bridgehead atoms. The van der Waals surface area contributed by atoms with Crippen LogP contribution in [-0.2, 0) is 13.5 Å². The van der Waals surface area contributed by atoms with E-state index >= 15 is 0 Å². The first-order valence-electron chi connectivity index (χ1n) is 7.18. The normalized spacial score (nSPS) is 13.8. The van der Waals surface area contributed by atoms with Crippen molar-refractivity contribution in [2.75, 3.05) is 6.54 Å². The van der Waals surface area contributed by atoms with E-state index in [1.165, 1.54) is 0 Å². The van der Waals surface area contributed by atoms with Crippen LogP contribution in [0.2, 0.25) is 5.02 Å². The molecule has 0 aliphatic heterocycles. The fourth-order valence-electron chi connectivity index (χ4n) is 2.39. The number of nitrogens with one attached hydrogen (secondary N) is 1. The highest BCUT2D eigenvalue weighted by molar-refractivity contribution is 6.31. The van der Waals surface area contributed by atoms with Crippen molar-refractivity contribution >= 4 is 11.6 Å². The van der Waals surface area contributed by atoms with E-state index in [0.29, 0.717) is 6.04 Å². The van der Waals surface area contributed by atoms with Gasteiger partial charge in [-0.3, -0.25) is 4.68 Å². The molecule has 0 amide bonds. The lowest BCUT2D eigenvalue weighted by Gasteiger charge is -2.32. The van der Waals surface area contributed by atoms with Gasteiger partial charge in [-0.25, -0.2) is 0 Å². The Morgan fingerprint density at radius 2 is 2.00 bits per heavy atom. The molecule has 0 aromatic carbocycles. The summed E-state index contributed by atoms with van der Waals surface area (Å²) in [4.78, 5) is 0. The molecule has 0 radical (unpaired) electrons. The van der Waals surface area contributed by atoms with Gasteiger partial charge in [0.2, 0.25) is 0 Å². The molecule has 1 aromatic heterocycles. The first-order chi connectivity index (χ1) is 8.77. The fourth-order valence-corrected chi connectivity index (χ4v) is 2.65. The van der Waals surface area contributed by atoms with Gasteiger partial charge in [0.15, 0.2) is 0 Å². The quantitative estimate of drug-likeness (QED) is 0.863. The smallest absolute Gasteiger partial charge is 0.0846 e. The van der Waals surface area contributed by atoms with Crippen molar-refractivity contribution in [3.8, 4) is 0 Å². The topological polar surface area (TPSA) is 29.9 Å². The molecule has 0 aliphatic rings. The van der Waals surface area contributed by atoms with Gasteiger partial charge in [0, 0.05) is 13.1 Å². The van der Waals surface area contributed by atoms with Gasteiger partial charge >= 0.3 is 0 Å². The van der Waals surface area contributed by atoms with E-state index in [4.69, 9.17) is 11.6 Å². The summed E-state index contributed by atoms with van der Waals surface area (Å²) in [7, 11) is 1.97. The largest absolute Gasteiger partial charge is 0.313 e. The van der Waals surface area contributed by atoms with Crippen LogP contribution in [0.25, 0.3) is 0 Å². The van der Waals surface area contributed by atoms with Crippen LogP contribution in [0, 0.1) is 12.3 Å². The molecule has 1 unspecified atom stereocenters. The van der Waals surface area contributed by atoms with E-state index in [9.17, 15) is 0 Å². The second-order valence-corrected chi connectivity index (χ2v) is 6.76. The summed E-state index contributed by atoms with van der Waals surface area (Å²) >= 11 is 6.31. The van der Waals surface area contributed by atoms with Gasteiger partial charge in [-0.15, -0.1) is 0 Å². The Morgan fingerprint density at radius 1 is 1.37 bits per heavy atom. The molecule has 1 aromatic rings. The zero-order valence-electron chi connectivity index (χ0n) is 13.2. The second kappa shape index (κ2) is 6.76. The Balaban J connectivity index is 2.70. The zero-order chi connectivity index (χ0) is 14.6. The SMILES string of the molecule is CCCNC(CCc1c(Cl)c(C)nn1C)C(C)(C)C. The average Bonchev–Trinajstić information content (AvgIpc) is 2.53. The highest BCUT2D eigenvalue weighted by Gasteiger charge is 2.24. The molecule has 1 atom stereocenters. The van der Waals surface area contributed by atoms with Crippen molar-refractivity contribution in [1.82, 2.24) is 15.1 Å². The van der Waals surface area contributed by atoms with Crippen LogP contribution in [0.15, 0.2) is 0 Å². The summed E-state index contributed by atoms with van der Waals surface area (Å²) in [6, 6.07) is 0.499. The van der Waals surface area contributed by atoms with Crippen molar-refractivity contribution in [2.45, 2.75) is 59.9 Å². The number of aryl methyl sites for hydroxylation is 2. The molecule has 1 N–H and O–H groups in total. The van der Waals surface area contributed by atoms with Crippen LogP contribution >= 0.6 is 11.6 Å². The lowest BCUT2D eigenvalue weighted by Crippen LogP contribution is -2.41. The molecule has 0 fully saturated rings. The molecule has 0 spiro atoms. The molecule has 0 saturated heterocycles. The Labute approximate surface area is 122 Å². The van der Waals surface area contributed by atoms with E-state index in [2.05, 4.69) is 38.1 Å². The van der Waals surface area contributed by atoms with Crippen molar-refractivity contribution < 1.29 is 0 Å². The number of hydrogen-bond donors (Lipinski definition) is 1. The van der Waals surface area contributed by atoms with E-state index < -0.39 is 0 Å². The standard InChI is InChI=1S/C15H28ClN3/c1-7-10-17-13(15(3,4)5)9-8-12-14(16)11(2)18-19(12)6/h13,17H,7-10H2,1-6H3. The lowest BCUT2D eigenvalue weighted by atomic mass is 9.83. The molecule has 0 saturated carbocycles. The third-order valence-electron chi connectivity index (χ3n) is 3.62. The summed E-state index contributed by atoms with van der Waals surface area (Å²) in [6.45, 7) is 12.1. The molecule has 110 valence electrons. The van der Waals surface area contributed by atoms with Gasteiger partial charge in [0.25, 0.3) is 0 Å².